The number of Topliss-reactive ketones (excluding diaryl/α,β-unsaturated/α-hetero) is 1. The predicted octanol–water partition coefficient (Wildman–Crippen LogP) is 0.987. The van der Waals surface area contributed by atoms with Crippen LogP contribution in [-0.4, -0.2) is 27.8 Å². The average molecular weight is 236 g/mol. The molecule has 0 amide bonds. The number of ketones is 1. The fraction of sp³-hybridized carbons (Fsp3) is 0.333. The Balaban J connectivity index is 2.48. The van der Waals surface area contributed by atoms with Gasteiger partial charge in [0.25, 0.3) is 0 Å². The van der Waals surface area contributed by atoms with Crippen LogP contribution in [0.4, 0.5) is 0 Å². The van der Waals surface area contributed by atoms with Crippen LogP contribution in [0.1, 0.15) is 29.3 Å². The minimum Gasteiger partial charge on any atom is -0.481 e. The average Bonchev–Trinajstić information content (AvgIpc) is 2.13. The highest BCUT2D eigenvalue weighted by Gasteiger charge is 2.35. The summed E-state index contributed by atoms with van der Waals surface area (Å²) in [4.78, 5) is 22.6. The van der Waals surface area contributed by atoms with Gasteiger partial charge in [0.15, 0.2) is 5.78 Å². The number of aliphatic carboxylic acids is 1. The number of hydrogen-bond donors (Lipinski definition) is 2. The van der Waals surface area contributed by atoms with Crippen LogP contribution >= 0.6 is 0 Å². The van der Waals surface area contributed by atoms with Crippen LogP contribution in [0.2, 0.25) is 0 Å². The number of carboxylic acids is 1. The number of carbonyl (C=O) groups excluding carboxylic acids is 1. The number of fused-ring (bicyclic) bond motifs is 1. The highest BCUT2D eigenvalue weighted by Crippen LogP contribution is 2.34. The molecule has 1 aliphatic rings. The third-order valence-corrected chi connectivity index (χ3v) is 2.55. The Bertz CT molecular complexity index is 490. The maximum absolute atomic E-state index is 11.9. The van der Waals surface area contributed by atoms with Gasteiger partial charge in [-0.1, -0.05) is 12.1 Å². The lowest BCUT2D eigenvalue weighted by Gasteiger charge is -2.30. The van der Waals surface area contributed by atoms with E-state index in [9.17, 15) is 14.7 Å². The summed E-state index contributed by atoms with van der Waals surface area (Å²) in [6.45, 7) is 1.40. The van der Waals surface area contributed by atoms with E-state index in [1.807, 2.05) is 0 Å². The first kappa shape index (κ1) is 11.6. The number of carboxylic acid groups (broad SMARTS) is 1. The summed E-state index contributed by atoms with van der Waals surface area (Å²) in [5.74, 6) is -2.59. The lowest BCUT2D eigenvalue weighted by atomic mass is 9.93. The SMILES string of the molecule is C[C@]1(O)CC(=O)c2c(CC(=O)O)cccc2O1. The Hall–Kier alpha value is -1.88. The molecule has 0 aliphatic carbocycles. The van der Waals surface area contributed by atoms with Crippen LogP contribution in [0.3, 0.4) is 0 Å². The molecule has 0 saturated heterocycles. The molecular formula is C12H12O5. The number of carbonyl (C=O) groups is 2. The fourth-order valence-corrected chi connectivity index (χ4v) is 1.95. The molecule has 17 heavy (non-hydrogen) atoms. The van der Waals surface area contributed by atoms with Crippen LogP contribution in [0.25, 0.3) is 0 Å². The second-order valence-electron chi connectivity index (χ2n) is 4.24. The number of aliphatic hydroxyl groups is 1. The van der Waals surface area contributed by atoms with Crippen LogP contribution in [0.15, 0.2) is 18.2 Å². The predicted molar refractivity (Wildman–Crippen MR) is 58.0 cm³/mol. The van der Waals surface area contributed by atoms with Crippen molar-refractivity contribution >= 4 is 11.8 Å². The van der Waals surface area contributed by atoms with Crippen molar-refractivity contribution in [2.75, 3.05) is 0 Å². The molecule has 0 unspecified atom stereocenters. The van der Waals surface area contributed by atoms with Crippen LogP contribution in [-0.2, 0) is 11.2 Å². The highest BCUT2D eigenvalue weighted by molar-refractivity contribution is 6.02. The molecule has 1 heterocycles. The van der Waals surface area contributed by atoms with E-state index in [-0.39, 0.29) is 29.9 Å². The second kappa shape index (κ2) is 3.85. The van der Waals surface area contributed by atoms with Gasteiger partial charge in [-0.2, -0.15) is 0 Å². The van der Waals surface area contributed by atoms with Crippen LogP contribution in [0.5, 0.6) is 5.75 Å². The van der Waals surface area contributed by atoms with Crippen molar-refractivity contribution in [3.8, 4) is 5.75 Å². The Morgan fingerprint density at radius 2 is 2.24 bits per heavy atom. The largest absolute Gasteiger partial charge is 0.481 e. The van der Waals surface area contributed by atoms with Crippen molar-refractivity contribution in [1.29, 1.82) is 0 Å². The molecule has 0 fully saturated rings. The van der Waals surface area contributed by atoms with Gasteiger partial charge in [0.05, 0.1) is 18.4 Å². The molecule has 1 atom stereocenters. The van der Waals surface area contributed by atoms with Gasteiger partial charge >= 0.3 is 5.97 Å². The minimum absolute atomic E-state index is 0.170. The number of hydrogen-bond acceptors (Lipinski definition) is 4. The van der Waals surface area contributed by atoms with E-state index in [0.717, 1.165) is 0 Å². The van der Waals surface area contributed by atoms with E-state index in [1.165, 1.54) is 6.92 Å². The third kappa shape index (κ3) is 2.29. The van der Waals surface area contributed by atoms with E-state index in [4.69, 9.17) is 9.84 Å². The zero-order valence-electron chi connectivity index (χ0n) is 9.27. The summed E-state index contributed by atoms with van der Waals surface area (Å²) in [5, 5.41) is 18.5. The van der Waals surface area contributed by atoms with Gasteiger partial charge in [-0.3, -0.25) is 9.59 Å². The van der Waals surface area contributed by atoms with Gasteiger partial charge in [0.1, 0.15) is 5.75 Å². The zero-order valence-corrected chi connectivity index (χ0v) is 9.27. The summed E-state index contributed by atoms with van der Waals surface area (Å²) in [6, 6.07) is 4.73. The highest BCUT2D eigenvalue weighted by atomic mass is 16.6. The topological polar surface area (TPSA) is 83.8 Å². The van der Waals surface area contributed by atoms with Gasteiger partial charge in [0.2, 0.25) is 5.79 Å². The maximum Gasteiger partial charge on any atom is 0.307 e. The van der Waals surface area contributed by atoms with Gasteiger partial charge in [0, 0.05) is 6.92 Å². The molecule has 1 aromatic carbocycles. The van der Waals surface area contributed by atoms with Gasteiger partial charge in [-0.25, -0.2) is 0 Å². The van der Waals surface area contributed by atoms with E-state index in [1.54, 1.807) is 18.2 Å². The van der Waals surface area contributed by atoms with Crippen LogP contribution in [0, 0.1) is 0 Å². The van der Waals surface area contributed by atoms with E-state index >= 15 is 0 Å². The van der Waals surface area contributed by atoms with E-state index in [0.29, 0.717) is 5.56 Å². The second-order valence-corrected chi connectivity index (χ2v) is 4.24. The summed E-state index contributed by atoms with van der Waals surface area (Å²) in [5.41, 5.74) is 0.678. The summed E-state index contributed by atoms with van der Waals surface area (Å²) >= 11 is 0. The Morgan fingerprint density at radius 1 is 1.53 bits per heavy atom. The number of ether oxygens (including phenoxy) is 1. The van der Waals surface area contributed by atoms with Gasteiger partial charge < -0.3 is 14.9 Å². The van der Waals surface area contributed by atoms with Crippen molar-refractivity contribution in [3.05, 3.63) is 29.3 Å². The van der Waals surface area contributed by atoms with Crippen molar-refractivity contribution in [2.45, 2.75) is 25.6 Å². The fourth-order valence-electron chi connectivity index (χ4n) is 1.95. The third-order valence-electron chi connectivity index (χ3n) is 2.55. The molecule has 0 bridgehead atoms. The first-order valence-electron chi connectivity index (χ1n) is 5.17. The molecule has 0 radical (unpaired) electrons. The molecule has 5 nitrogen and oxygen atoms in total. The molecule has 90 valence electrons. The monoisotopic (exact) mass is 236 g/mol. The van der Waals surface area contributed by atoms with Crippen LogP contribution < -0.4 is 4.74 Å². The normalized spacial score (nSPS) is 22.8. The molecule has 2 rings (SSSR count). The molecule has 0 spiro atoms. The maximum atomic E-state index is 11.9. The first-order chi connectivity index (χ1) is 7.89. The Labute approximate surface area is 97.6 Å². The standard InChI is InChI=1S/C12H12O5/c1-12(16)6-8(13)11-7(5-10(14)15)3-2-4-9(11)17-12/h2-4,16H,5-6H2,1H3,(H,14,15)/t12-/m1/s1. The van der Waals surface area contributed by atoms with Crippen molar-refractivity contribution in [2.24, 2.45) is 0 Å². The number of benzene rings is 1. The molecule has 1 aliphatic heterocycles. The van der Waals surface area contributed by atoms with Crippen molar-refractivity contribution in [1.82, 2.24) is 0 Å². The molecule has 0 saturated carbocycles. The minimum atomic E-state index is -1.52. The Morgan fingerprint density at radius 3 is 2.88 bits per heavy atom. The van der Waals surface area contributed by atoms with Gasteiger partial charge in [-0.15, -0.1) is 0 Å². The van der Waals surface area contributed by atoms with E-state index in [2.05, 4.69) is 0 Å². The molecule has 0 aromatic heterocycles. The lowest BCUT2D eigenvalue weighted by molar-refractivity contribution is -0.136. The Kier molecular flexibility index (Phi) is 2.63. The molecule has 2 N–H and O–H groups in total. The van der Waals surface area contributed by atoms with Crippen molar-refractivity contribution in [3.63, 3.8) is 0 Å². The number of rotatable bonds is 2. The molecular weight excluding hydrogens is 224 g/mol. The zero-order chi connectivity index (χ0) is 12.6. The molecule has 1 aromatic rings. The van der Waals surface area contributed by atoms with Crippen molar-refractivity contribution < 1.29 is 24.5 Å². The first-order valence-corrected chi connectivity index (χ1v) is 5.17. The quantitative estimate of drug-likeness (QED) is 0.799. The molecule has 5 heteroatoms. The lowest BCUT2D eigenvalue weighted by Crippen LogP contribution is -2.39. The van der Waals surface area contributed by atoms with Gasteiger partial charge in [-0.05, 0) is 11.6 Å². The summed E-state index contributed by atoms with van der Waals surface area (Å²) < 4.78 is 5.25. The summed E-state index contributed by atoms with van der Waals surface area (Å²) in [6.07, 6.45) is -0.406. The van der Waals surface area contributed by atoms with E-state index < -0.39 is 11.8 Å². The summed E-state index contributed by atoms with van der Waals surface area (Å²) in [7, 11) is 0. The smallest absolute Gasteiger partial charge is 0.307 e.